The Morgan fingerprint density at radius 3 is 1.67 bits per heavy atom. The van der Waals surface area contributed by atoms with Crippen molar-refractivity contribution in [1.29, 1.82) is 0 Å². The zero-order valence-electron chi connectivity index (χ0n) is 34.4. The summed E-state index contributed by atoms with van der Waals surface area (Å²) in [5.74, 6) is -5.70. The van der Waals surface area contributed by atoms with E-state index in [1.165, 1.54) is 18.5 Å². The Balaban J connectivity index is 1.70. The third-order valence-corrected chi connectivity index (χ3v) is 10.0. The molecule has 2 fully saturated rings. The Labute approximate surface area is 352 Å². The molecule has 0 saturated carbocycles. The number of H-pyrrole nitrogens is 1. The number of aromatic nitrogens is 4. The zero-order valence-corrected chi connectivity index (χ0v) is 35.2. The van der Waals surface area contributed by atoms with E-state index in [0.29, 0.717) is 11.2 Å². The number of ether oxygens (including phenoxy) is 8. The van der Waals surface area contributed by atoms with Gasteiger partial charge in [0, 0.05) is 66.3 Å². The highest BCUT2D eigenvalue weighted by atomic mass is 32.2. The number of aromatic amines is 1. The Morgan fingerprint density at radius 1 is 0.672 bits per heavy atom. The fourth-order valence-electron chi connectivity index (χ4n) is 6.92. The van der Waals surface area contributed by atoms with Crippen LogP contribution in [0.5, 0.6) is 0 Å². The summed E-state index contributed by atoms with van der Waals surface area (Å²) in [5.41, 5.74) is -0.179. The van der Waals surface area contributed by atoms with Crippen molar-refractivity contribution in [2.75, 3.05) is 13.2 Å². The van der Waals surface area contributed by atoms with Crippen molar-refractivity contribution in [3.05, 3.63) is 30.3 Å². The fourth-order valence-corrected chi connectivity index (χ4v) is 7.97. The molecule has 5 rings (SSSR count). The number of thioether (sulfide) groups is 1. The molecule has 2 aromatic heterocycles. The average Bonchev–Trinajstić information content (AvgIpc) is 3.77. The second kappa shape index (κ2) is 20.0. The monoisotopic (exact) mass is 874 g/mol. The number of carbonyl (C=O) groups excluding carboxylic acids is 8. The van der Waals surface area contributed by atoms with Crippen LogP contribution in [0.25, 0.3) is 22.4 Å². The Kier molecular flexibility index (Phi) is 15.1. The van der Waals surface area contributed by atoms with Crippen LogP contribution < -0.4 is 10.6 Å². The Bertz CT molecular complexity index is 2120. The predicted octanol–water partition coefficient (Wildman–Crippen LogP) is 1.00. The van der Waals surface area contributed by atoms with E-state index in [1.54, 1.807) is 6.07 Å². The molecule has 0 bridgehead atoms. The van der Waals surface area contributed by atoms with Gasteiger partial charge in [-0.2, -0.15) is 4.98 Å². The van der Waals surface area contributed by atoms with E-state index < -0.39 is 121 Å². The van der Waals surface area contributed by atoms with E-state index >= 15 is 0 Å². The lowest BCUT2D eigenvalue weighted by Crippen LogP contribution is -2.65. The van der Waals surface area contributed by atoms with Gasteiger partial charge in [0.15, 0.2) is 36.5 Å². The lowest BCUT2D eigenvalue weighted by atomic mass is 9.95. The van der Waals surface area contributed by atoms with Gasteiger partial charge in [-0.3, -0.25) is 38.4 Å². The van der Waals surface area contributed by atoms with Crippen LogP contribution in [0, 0.1) is 0 Å². The first-order valence-corrected chi connectivity index (χ1v) is 19.7. The molecule has 0 radical (unpaired) electrons. The maximum atomic E-state index is 12.8. The standard InChI is InChI=1S/C38H46N6O16S/c1-16(45)39-29-33(57-22(7)51)31(55-20(5)49)27(14-53-18(3)47)59-36(29)44-35(26-13-24-11-9-10-12-25(24)41-26)42-38(43-44)61-37-30(40-17(2)46)34(58-23(8)52)32(56-21(6)50)28(60-37)15-54-19(4)48/h9-13,27-34,36-37,41H,14-15H2,1-8H3,(H,39,45)(H,40,46)/t27-,28-,29-,30-,31-,32-,33-,34-,36-,37+/m1/s1. The van der Waals surface area contributed by atoms with E-state index in [1.807, 2.05) is 24.3 Å². The molecule has 4 heterocycles. The van der Waals surface area contributed by atoms with Crippen LogP contribution in [0.4, 0.5) is 0 Å². The Morgan fingerprint density at radius 2 is 1.16 bits per heavy atom. The van der Waals surface area contributed by atoms with Crippen molar-refractivity contribution >= 4 is 70.3 Å². The minimum Gasteiger partial charge on any atom is -0.463 e. The number of amides is 2. The number of nitrogens with zero attached hydrogens (tertiary/aromatic N) is 3. The van der Waals surface area contributed by atoms with Crippen molar-refractivity contribution in [2.24, 2.45) is 0 Å². The first-order chi connectivity index (χ1) is 28.8. The molecule has 0 unspecified atom stereocenters. The molecule has 61 heavy (non-hydrogen) atoms. The van der Waals surface area contributed by atoms with Crippen molar-refractivity contribution in [1.82, 2.24) is 30.4 Å². The van der Waals surface area contributed by atoms with Gasteiger partial charge in [0.2, 0.25) is 17.0 Å². The number of benzene rings is 1. The molecule has 10 atom stereocenters. The van der Waals surface area contributed by atoms with E-state index in [4.69, 9.17) is 48.0 Å². The van der Waals surface area contributed by atoms with Gasteiger partial charge >= 0.3 is 35.8 Å². The van der Waals surface area contributed by atoms with Crippen LogP contribution in [0.2, 0.25) is 0 Å². The van der Waals surface area contributed by atoms with Gasteiger partial charge in [0.05, 0.1) is 5.69 Å². The predicted molar refractivity (Wildman–Crippen MR) is 206 cm³/mol. The summed E-state index contributed by atoms with van der Waals surface area (Å²) in [6.45, 7) is 8.21. The maximum Gasteiger partial charge on any atom is 0.303 e. The minimum absolute atomic E-state index is 0.0689. The van der Waals surface area contributed by atoms with Crippen LogP contribution >= 0.6 is 11.8 Å². The first-order valence-electron chi connectivity index (χ1n) is 18.8. The molecule has 22 nitrogen and oxygen atoms in total. The van der Waals surface area contributed by atoms with Crippen LogP contribution in [-0.2, 0) is 76.3 Å². The van der Waals surface area contributed by atoms with Crippen molar-refractivity contribution in [3.8, 4) is 11.5 Å². The third-order valence-electron chi connectivity index (χ3n) is 9.01. The van der Waals surface area contributed by atoms with E-state index in [2.05, 4.69) is 15.6 Å². The molecular formula is C38H46N6O16S. The van der Waals surface area contributed by atoms with Gasteiger partial charge in [-0.05, 0) is 12.1 Å². The minimum atomic E-state index is -1.45. The van der Waals surface area contributed by atoms with Crippen molar-refractivity contribution in [3.63, 3.8) is 0 Å². The normalized spacial score (nSPS) is 26.0. The molecule has 23 heteroatoms. The SMILES string of the molecule is CC(=O)N[C@@H]1[C@@H](OC(C)=O)[C@H](OC(C)=O)[C@@H](COC(C)=O)O[C@H]1n1nc(S[C@@H]2O[C@H](COC(C)=O)[C@@H](OC(C)=O)[C@H](OC(C)=O)[C@H]2NC(C)=O)nc1-c1cc2ccccc2[nH]1. The largest absolute Gasteiger partial charge is 0.463 e. The highest BCUT2D eigenvalue weighted by Crippen LogP contribution is 2.39. The van der Waals surface area contributed by atoms with E-state index in [9.17, 15) is 38.4 Å². The topological polar surface area (TPSA) is 281 Å². The lowest BCUT2D eigenvalue weighted by Gasteiger charge is -2.45. The molecule has 3 N–H and O–H groups in total. The highest BCUT2D eigenvalue weighted by Gasteiger charge is 2.54. The maximum absolute atomic E-state index is 12.8. The summed E-state index contributed by atoms with van der Waals surface area (Å²) in [7, 11) is 0. The van der Waals surface area contributed by atoms with Gasteiger partial charge < -0.3 is 53.5 Å². The van der Waals surface area contributed by atoms with Crippen molar-refractivity contribution in [2.45, 2.75) is 121 Å². The molecule has 2 saturated heterocycles. The van der Waals surface area contributed by atoms with Crippen molar-refractivity contribution < 1.29 is 76.3 Å². The number of hydrogen-bond acceptors (Lipinski definition) is 19. The second-order valence-corrected chi connectivity index (χ2v) is 15.1. The number of carbonyl (C=O) groups is 8. The van der Waals surface area contributed by atoms with Gasteiger partial charge in [-0.25, -0.2) is 4.68 Å². The van der Waals surface area contributed by atoms with Gasteiger partial charge in [0.25, 0.3) is 0 Å². The summed E-state index contributed by atoms with van der Waals surface area (Å²) < 4.78 is 47.1. The third kappa shape index (κ3) is 11.8. The lowest BCUT2D eigenvalue weighted by molar-refractivity contribution is -0.239. The molecule has 1 aromatic carbocycles. The number of hydrogen-bond donors (Lipinski definition) is 3. The molecule has 3 aromatic rings. The Hall–Kier alpha value is -6.07. The quantitative estimate of drug-likeness (QED) is 0.150. The molecule has 2 aliphatic heterocycles. The van der Waals surface area contributed by atoms with Crippen LogP contribution in [0.3, 0.4) is 0 Å². The number of esters is 6. The van der Waals surface area contributed by atoms with Crippen LogP contribution in [-0.4, -0.2) is 135 Å². The molecule has 2 aliphatic rings. The summed E-state index contributed by atoms with van der Waals surface area (Å²) in [6.07, 6.45) is -9.60. The number of fused-ring (bicyclic) bond motifs is 1. The number of para-hydroxylation sites is 1. The van der Waals surface area contributed by atoms with Gasteiger partial charge in [0.1, 0.15) is 42.9 Å². The summed E-state index contributed by atoms with van der Waals surface area (Å²) in [5, 5.41) is 10.9. The molecule has 0 spiro atoms. The summed E-state index contributed by atoms with van der Waals surface area (Å²) in [6, 6.07) is 6.45. The first kappa shape index (κ1) is 46.0. The zero-order chi connectivity index (χ0) is 44.7. The van der Waals surface area contributed by atoms with Gasteiger partial charge in [-0.15, -0.1) is 5.10 Å². The molecule has 0 aliphatic carbocycles. The second-order valence-electron chi connectivity index (χ2n) is 14.0. The number of rotatable bonds is 14. The summed E-state index contributed by atoms with van der Waals surface area (Å²) >= 11 is 0.822. The van der Waals surface area contributed by atoms with Crippen LogP contribution in [0.1, 0.15) is 61.6 Å². The molecule has 2 amide bonds. The average molecular weight is 875 g/mol. The smallest absolute Gasteiger partial charge is 0.303 e. The fraction of sp³-hybridized carbons (Fsp3) is 0.526. The van der Waals surface area contributed by atoms with E-state index in [0.717, 1.165) is 58.7 Å². The van der Waals surface area contributed by atoms with Gasteiger partial charge in [-0.1, -0.05) is 30.0 Å². The van der Waals surface area contributed by atoms with E-state index in [-0.39, 0.29) is 11.0 Å². The molecular weight excluding hydrogens is 829 g/mol. The van der Waals surface area contributed by atoms with Crippen LogP contribution in [0.15, 0.2) is 35.5 Å². The number of nitrogens with one attached hydrogen (secondary N) is 3. The summed E-state index contributed by atoms with van der Waals surface area (Å²) in [4.78, 5) is 107. The highest BCUT2D eigenvalue weighted by molar-refractivity contribution is 7.99. The molecule has 330 valence electrons.